The minimum absolute atomic E-state index is 0.107. The van der Waals surface area contributed by atoms with Crippen molar-refractivity contribution in [1.82, 2.24) is 14.8 Å². The van der Waals surface area contributed by atoms with Crippen LogP contribution in [0.1, 0.15) is 33.7 Å². The molecule has 0 bridgehead atoms. The number of rotatable bonds is 4. The Morgan fingerprint density at radius 2 is 2.03 bits per heavy atom. The molecule has 2 aromatic heterocycles. The number of pyridine rings is 1. The van der Waals surface area contributed by atoms with Gasteiger partial charge in [0.25, 0.3) is 5.91 Å². The molecule has 2 aliphatic rings. The highest BCUT2D eigenvalue weighted by atomic mass is 19.4. The first-order valence-electron chi connectivity index (χ1n) is 10.5. The molecule has 0 atom stereocenters. The van der Waals surface area contributed by atoms with Crippen LogP contribution in [0.4, 0.5) is 19.0 Å². The lowest BCUT2D eigenvalue weighted by molar-refractivity contribution is -0.142. The number of amides is 1. The molecule has 0 saturated carbocycles. The van der Waals surface area contributed by atoms with E-state index in [-0.39, 0.29) is 23.1 Å². The third-order valence-corrected chi connectivity index (χ3v) is 5.36. The number of ether oxygens (including phenoxy) is 1. The average molecular weight is 465 g/mol. The summed E-state index contributed by atoms with van der Waals surface area (Å²) in [5, 5.41) is 6.81. The lowest BCUT2D eigenvalue weighted by Gasteiger charge is -2.11. The predicted octanol–water partition coefficient (Wildman–Crippen LogP) is 4.84. The van der Waals surface area contributed by atoms with Gasteiger partial charge in [0.1, 0.15) is 17.3 Å². The van der Waals surface area contributed by atoms with E-state index in [1.54, 1.807) is 36.6 Å². The normalized spacial score (nSPS) is 14.9. The number of carbonyl (C=O) groups is 1. The Labute approximate surface area is 192 Å². The molecule has 3 aromatic rings. The summed E-state index contributed by atoms with van der Waals surface area (Å²) in [5.74, 6) is 0.594. The molecule has 34 heavy (non-hydrogen) atoms. The molecule has 2 aliphatic heterocycles. The number of allylic oxidation sites excluding steroid dienone is 3. The van der Waals surface area contributed by atoms with Gasteiger partial charge < -0.3 is 10.1 Å². The summed E-state index contributed by atoms with van der Waals surface area (Å²) in [6.45, 7) is 0.583. The third kappa shape index (κ3) is 4.34. The van der Waals surface area contributed by atoms with Crippen LogP contribution in [-0.4, -0.2) is 33.5 Å². The molecule has 1 amide bonds. The second kappa shape index (κ2) is 8.62. The Hall–Kier alpha value is -4.21. The van der Waals surface area contributed by atoms with Crippen molar-refractivity contribution in [2.45, 2.75) is 19.0 Å². The number of anilines is 1. The first-order valence-corrected chi connectivity index (χ1v) is 10.5. The lowest BCUT2D eigenvalue weighted by Crippen LogP contribution is -2.15. The van der Waals surface area contributed by atoms with E-state index in [2.05, 4.69) is 20.4 Å². The number of hydrogen-bond acceptors (Lipinski definition) is 5. The molecule has 0 fully saturated rings. The Bertz CT molecular complexity index is 1340. The summed E-state index contributed by atoms with van der Waals surface area (Å²) in [5.41, 5.74) is 1.21. The van der Waals surface area contributed by atoms with Gasteiger partial charge in [0.2, 0.25) is 0 Å². The summed E-state index contributed by atoms with van der Waals surface area (Å²) >= 11 is 0. The zero-order valence-corrected chi connectivity index (χ0v) is 17.7. The van der Waals surface area contributed by atoms with E-state index in [1.165, 1.54) is 24.5 Å². The Balaban J connectivity index is 1.39. The van der Waals surface area contributed by atoms with Crippen molar-refractivity contribution in [3.8, 4) is 11.4 Å². The summed E-state index contributed by atoms with van der Waals surface area (Å²) < 4.78 is 47.4. The number of aromatic nitrogens is 3. The molecule has 0 saturated heterocycles. The highest BCUT2D eigenvalue weighted by molar-refractivity contribution is 6.09. The molecule has 10 heteroatoms. The van der Waals surface area contributed by atoms with Gasteiger partial charge in [0, 0.05) is 30.0 Å². The first kappa shape index (κ1) is 21.6. The van der Waals surface area contributed by atoms with Crippen LogP contribution in [0, 0.1) is 0 Å². The summed E-state index contributed by atoms with van der Waals surface area (Å²) in [4.78, 5) is 20.7. The maximum Gasteiger partial charge on any atom is 0.433 e. The maximum atomic E-state index is 13.7. The number of carbonyl (C=O) groups excluding carboxylic acids is 1. The molecular weight excluding hydrogens is 447 g/mol. The van der Waals surface area contributed by atoms with Crippen molar-refractivity contribution in [3.63, 3.8) is 0 Å². The van der Waals surface area contributed by atoms with Crippen LogP contribution in [0.3, 0.4) is 0 Å². The fourth-order valence-electron chi connectivity index (χ4n) is 3.69. The van der Waals surface area contributed by atoms with Crippen LogP contribution < -0.4 is 10.1 Å². The number of fused-ring (bicyclic) bond motifs is 1. The molecular formula is C24H18F3N5O2. The summed E-state index contributed by atoms with van der Waals surface area (Å²) in [7, 11) is 0. The summed E-state index contributed by atoms with van der Waals surface area (Å²) in [6.07, 6.45) is 4.47. The van der Waals surface area contributed by atoms with Gasteiger partial charge >= 0.3 is 6.18 Å². The molecule has 0 aliphatic carbocycles. The van der Waals surface area contributed by atoms with Crippen molar-refractivity contribution in [3.05, 3.63) is 83.5 Å². The van der Waals surface area contributed by atoms with E-state index in [4.69, 9.17) is 4.74 Å². The number of aliphatic imine (C=N–C) groups is 1. The highest BCUT2D eigenvalue weighted by Gasteiger charge is 2.36. The van der Waals surface area contributed by atoms with Crippen molar-refractivity contribution in [1.29, 1.82) is 0 Å². The molecule has 0 radical (unpaired) electrons. The molecule has 1 aromatic carbocycles. The Kier molecular flexibility index (Phi) is 5.48. The second-order valence-corrected chi connectivity index (χ2v) is 7.66. The highest BCUT2D eigenvalue weighted by Crippen LogP contribution is 2.33. The summed E-state index contributed by atoms with van der Waals surface area (Å²) in [6, 6.07) is 8.98. The topological polar surface area (TPSA) is 81.4 Å². The van der Waals surface area contributed by atoms with Gasteiger partial charge in [0.05, 0.1) is 24.2 Å². The molecule has 172 valence electrons. The predicted molar refractivity (Wildman–Crippen MR) is 120 cm³/mol. The van der Waals surface area contributed by atoms with Gasteiger partial charge in [0.15, 0.2) is 0 Å². The zero-order chi connectivity index (χ0) is 23.7. The zero-order valence-electron chi connectivity index (χ0n) is 17.7. The van der Waals surface area contributed by atoms with Gasteiger partial charge in [-0.3, -0.25) is 9.79 Å². The number of halogens is 3. The molecule has 1 N–H and O–H groups in total. The van der Waals surface area contributed by atoms with Gasteiger partial charge in [-0.05, 0) is 48.4 Å². The Morgan fingerprint density at radius 3 is 2.82 bits per heavy atom. The largest absolute Gasteiger partial charge is 0.493 e. The van der Waals surface area contributed by atoms with Gasteiger partial charge in [-0.2, -0.15) is 18.3 Å². The fraction of sp³-hybridized carbons (Fsp3) is 0.167. The number of nitrogens with zero attached hydrogens (tertiary/aromatic N) is 4. The van der Waals surface area contributed by atoms with Crippen molar-refractivity contribution in [2.24, 2.45) is 4.99 Å². The number of benzene rings is 1. The van der Waals surface area contributed by atoms with Crippen LogP contribution in [-0.2, 0) is 12.6 Å². The van der Waals surface area contributed by atoms with Crippen molar-refractivity contribution >= 4 is 23.5 Å². The number of hydrogen-bond donors (Lipinski definition) is 1. The average Bonchev–Trinajstić information content (AvgIpc) is 3.39. The van der Waals surface area contributed by atoms with Gasteiger partial charge in [-0.25, -0.2) is 9.67 Å². The van der Waals surface area contributed by atoms with E-state index in [0.717, 1.165) is 28.5 Å². The minimum Gasteiger partial charge on any atom is -0.493 e. The van der Waals surface area contributed by atoms with Crippen LogP contribution in [0.15, 0.2) is 65.9 Å². The van der Waals surface area contributed by atoms with Crippen LogP contribution in [0.5, 0.6) is 5.75 Å². The second-order valence-electron chi connectivity index (χ2n) is 7.66. The molecule has 7 nitrogen and oxygen atoms in total. The van der Waals surface area contributed by atoms with Crippen LogP contribution >= 0.6 is 0 Å². The molecule has 0 unspecified atom stereocenters. The minimum atomic E-state index is -4.63. The van der Waals surface area contributed by atoms with E-state index >= 15 is 0 Å². The van der Waals surface area contributed by atoms with E-state index in [0.29, 0.717) is 24.2 Å². The lowest BCUT2D eigenvalue weighted by atomic mass is 10.1. The fourth-order valence-corrected chi connectivity index (χ4v) is 3.69. The van der Waals surface area contributed by atoms with Gasteiger partial charge in [-0.1, -0.05) is 12.2 Å². The standard InChI is InChI=1S/C24H18F3N5O2/c25-24(26,27)21-12-19(17-3-1-2-9-28-13-17)31-32(21)18-5-7-22(29-14-18)30-23(33)16-4-6-20-15(11-16)8-10-34-20/h2-7,9,11-14H,1,8,10H2,(H,29,30,33). The third-order valence-electron chi connectivity index (χ3n) is 5.36. The van der Waals surface area contributed by atoms with E-state index in [9.17, 15) is 18.0 Å². The van der Waals surface area contributed by atoms with E-state index in [1.807, 2.05) is 0 Å². The quantitative estimate of drug-likeness (QED) is 0.598. The maximum absolute atomic E-state index is 13.7. The van der Waals surface area contributed by atoms with Crippen LogP contribution in [0.25, 0.3) is 11.3 Å². The van der Waals surface area contributed by atoms with Crippen molar-refractivity contribution < 1.29 is 22.7 Å². The monoisotopic (exact) mass is 465 g/mol. The number of nitrogens with one attached hydrogen (secondary N) is 1. The van der Waals surface area contributed by atoms with Crippen molar-refractivity contribution in [2.75, 3.05) is 11.9 Å². The smallest absolute Gasteiger partial charge is 0.433 e. The molecule has 5 rings (SSSR count). The Morgan fingerprint density at radius 1 is 1.15 bits per heavy atom. The van der Waals surface area contributed by atoms with Gasteiger partial charge in [-0.15, -0.1) is 0 Å². The SMILES string of the molecule is O=C(Nc1ccc(-n2nc(C3=CCC=CN=C3)cc2C(F)(F)F)cn1)c1ccc2c(c1)CCO2. The van der Waals surface area contributed by atoms with E-state index < -0.39 is 11.9 Å². The molecule has 0 spiro atoms. The first-order chi connectivity index (χ1) is 16.4. The van der Waals surface area contributed by atoms with Crippen LogP contribution in [0.2, 0.25) is 0 Å². The molecule has 4 heterocycles. The number of alkyl halides is 3.